The van der Waals surface area contributed by atoms with Crippen molar-refractivity contribution in [3.8, 4) is 0 Å². The highest BCUT2D eigenvalue weighted by Crippen LogP contribution is 1.95. The Morgan fingerprint density at radius 2 is 2.40 bits per heavy atom. The van der Waals surface area contributed by atoms with Crippen molar-refractivity contribution < 1.29 is 8.81 Å². The Kier molecular flexibility index (Phi) is 2.20. The van der Waals surface area contributed by atoms with Crippen LogP contribution in [0.5, 0.6) is 0 Å². The SMILES string of the molecule is O=c1ccoc(CCF)c1. The van der Waals surface area contributed by atoms with Crippen molar-refractivity contribution in [2.24, 2.45) is 0 Å². The molecule has 1 aromatic heterocycles. The van der Waals surface area contributed by atoms with E-state index in [0.717, 1.165) is 0 Å². The fourth-order valence-electron chi connectivity index (χ4n) is 0.654. The number of alkyl halides is 1. The summed E-state index contributed by atoms with van der Waals surface area (Å²) < 4.78 is 16.5. The van der Waals surface area contributed by atoms with Crippen LogP contribution in [0.2, 0.25) is 0 Å². The minimum atomic E-state index is -0.493. The second-order valence-electron chi connectivity index (χ2n) is 1.87. The van der Waals surface area contributed by atoms with E-state index < -0.39 is 6.67 Å². The first kappa shape index (κ1) is 6.99. The number of hydrogen-bond donors (Lipinski definition) is 0. The molecule has 0 aliphatic carbocycles. The molecule has 0 radical (unpaired) electrons. The van der Waals surface area contributed by atoms with Gasteiger partial charge in [-0.15, -0.1) is 0 Å². The van der Waals surface area contributed by atoms with E-state index in [2.05, 4.69) is 0 Å². The maximum atomic E-state index is 11.6. The molecule has 0 aliphatic rings. The Morgan fingerprint density at radius 3 is 3.00 bits per heavy atom. The molecule has 2 nitrogen and oxygen atoms in total. The highest BCUT2D eigenvalue weighted by Gasteiger charge is 1.93. The summed E-state index contributed by atoms with van der Waals surface area (Å²) in [6.45, 7) is -0.493. The van der Waals surface area contributed by atoms with Crippen molar-refractivity contribution in [2.75, 3.05) is 6.67 Å². The second kappa shape index (κ2) is 3.15. The van der Waals surface area contributed by atoms with Crippen LogP contribution in [-0.4, -0.2) is 6.67 Å². The predicted molar refractivity (Wildman–Crippen MR) is 34.7 cm³/mol. The van der Waals surface area contributed by atoms with Gasteiger partial charge in [0.15, 0.2) is 5.43 Å². The Morgan fingerprint density at radius 1 is 1.60 bits per heavy atom. The molecule has 0 spiro atoms. The topological polar surface area (TPSA) is 30.2 Å². The van der Waals surface area contributed by atoms with Crippen LogP contribution in [0.15, 0.2) is 27.6 Å². The van der Waals surface area contributed by atoms with Gasteiger partial charge in [-0.2, -0.15) is 0 Å². The molecule has 0 fully saturated rings. The largest absolute Gasteiger partial charge is 0.469 e. The van der Waals surface area contributed by atoms with Crippen molar-refractivity contribution >= 4 is 0 Å². The third-order valence-electron chi connectivity index (χ3n) is 1.10. The molecule has 0 aliphatic heterocycles. The average molecular weight is 142 g/mol. The Balaban J connectivity index is 2.85. The summed E-state index contributed by atoms with van der Waals surface area (Å²) in [5, 5.41) is 0. The summed E-state index contributed by atoms with van der Waals surface area (Å²) >= 11 is 0. The number of hydrogen-bond acceptors (Lipinski definition) is 2. The highest BCUT2D eigenvalue weighted by atomic mass is 19.1. The van der Waals surface area contributed by atoms with Gasteiger partial charge in [0.25, 0.3) is 0 Å². The second-order valence-corrected chi connectivity index (χ2v) is 1.87. The van der Waals surface area contributed by atoms with E-state index >= 15 is 0 Å². The molecule has 54 valence electrons. The van der Waals surface area contributed by atoms with E-state index in [0.29, 0.717) is 5.76 Å². The first-order valence-corrected chi connectivity index (χ1v) is 2.96. The zero-order chi connectivity index (χ0) is 7.40. The molecule has 0 bridgehead atoms. The molecular weight excluding hydrogens is 135 g/mol. The summed E-state index contributed by atoms with van der Waals surface area (Å²) in [7, 11) is 0. The maximum Gasteiger partial charge on any atom is 0.185 e. The Hall–Kier alpha value is -1.12. The van der Waals surface area contributed by atoms with Crippen LogP contribution >= 0.6 is 0 Å². The van der Waals surface area contributed by atoms with E-state index in [1.165, 1.54) is 18.4 Å². The maximum absolute atomic E-state index is 11.6. The van der Waals surface area contributed by atoms with Gasteiger partial charge in [0.1, 0.15) is 5.76 Å². The third kappa shape index (κ3) is 1.69. The molecule has 0 N–H and O–H groups in total. The molecule has 1 aromatic rings. The van der Waals surface area contributed by atoms with Gasteiger partial charge in [0.05, 0.1) is 12.9 Å². The third-order valence-corrected chi connectivity index (χ3v) is 1.10. The average Bonchev–Trinajstić information content (AvgIpc) is 1.88. The summed E-state index contributed by atoms with van der Waals surface area (Å²) in [4.78, 5) is 10.6. The van der Waals surface area contributed by atoms with Gasteiger partial charge in [-0.05, 0) is 0 Å². The molecule has 1 rings (SSSR count). The Bertz CT molecular complexity index is 254. The molecule has 3 heteroatoms. The monoisotopic (exact) mass is 142 g/mol. The van der Waals surface area contributed by atoms with Gasteiger partial charge in [0.2, 0.25) is 0 Å². The lowest BCUT2D eigenvalue weighted by atomic mass is 10.3. The van der Waals surface area contributed by atoms with Gasteiger partial charge < -0.3 is 4.42 Å². The molecule has 0 amide bonds. The number of halogens is 1. The summed E-state index contributed by atoms with van der Waals surface area (Å²) in [6.07, 6.45) is 1.45. The van der Waals surface area contributed by atoms with Gasteiger partial charge in [0, 0.05) is 18.6 Å². The molecule has 0 unspecified atom stereocenters. The van der Waals surface area contributed by atoms with Gasteiger partial charge in [-0.1, -0.05) is 0 Å². The van der Waals surface area contributed by atoms with Crippen molar-refractivity contribution in [1.29, 1.82) is 0 Å². The fraction of sp³-hybridized carbons (Fsp3) is 0.286. The summed E-state index contributed by atoms with van der Waals surface area (Å²) in [5.74, 6) is 0.398. The Labute approximate surface area is 57.3 Å². The van der Waals surface area contributed by atoms with Crippen LogP contribution in [0.4, 0.5) is 4.39 Å². The first-order chi connectivity index (χ1) is 4.83. The van der Waals surface area contributed by atoms with Gasteiger partial charge in [-0.3, -0.25) is 9.18 Å². The quantitative estimate of drug-likeness (QED) is 0.620. The minimum Gasteiger partial charge on any atom is -0.469 e. The lowest BCUT2D eigenvalue weighted by Gasteiger charge is -1.91. The molecule has 0 atom stereocenters. The van der Waals surface area contributed by atoms with E-state index in [-0.39, 0.29) is 11.8 Å². The van der Waals surface area contributed by atoms with Gasteiger partial charge >= 0.3 is 0 Å². The molecule has 0 saturated heterocycles. The van der Waals surface area contributed by atoms with Crippen molar-refractivity contribution in [1.82, 2.24) is 0 Å². The highest BCUT2D eigenvalue weighted by molar-refractivity contribution is 4.99. The van der Waals surface area contributed by atoms with E-state index in [1.807, 2.05) is 0 Å². The lowest BCUT2D eigenvalue weighted by Crippen LogP contribution is -1.98. The molecular formula is C7H7FO2. The number of aryl methyl sites for hydroxylation is 1. The van der Waals surface area contributed by atoms with Crippen molar-refractivity contribution in [2.45, 2.75) is 6.42 Å². The van der Waals surface area contributed by atoms with Crippen LogP contribution in [0.25, 0.3) is 0 Å². The van der Waals surface area contributed by atoms with E-state index in [4.69, 9.17) is 4.42 Å². The lowest BCUT2D eigenvalue weighted by molar-refractivity contribution is 0.430. The first-order valence-electron chi connectivity index (χ1n) is 2.96. The fourth-order valence-corrected chi connectivity index (χ4v) is 0.654. The normalized spacial score (nSPS) is 9.70. The standard InChI is InChI=1S/C7H7FO2/c8-3-1-7-5-6(9)2-4-10-7/h2,4-5H,1,3H2. The zero-order valence-electron chi connectivity index (χ0n) is 5.34. The predicted octanol–water partition coefficient (Wildman–Crippen LogP) is 1.15. The molecule has 1 heterocycles. The van der Waals surface area contributed by atoms with Crippen LogP contribution in [0.3, 0.4) is 0 Å². The van der Waals surface area contributed by atoms with Crippen LogP contribution in [-0.2, 0) is 6.42 Å². The molecule has 10 heavy (non-hydrogen) atoms. The van der Waals surface area contributed by atoms with Crippen LogP contribution < -0.4 is 5.43 Å². The summed E-state index contributed by atoms with van der Waals surface area (Å²) in [6, 6.07) is 2.58. The van der Waals surface area contributed by atoms with Crippen molar-refractivity contribution in [3.05, 3.63) is 34.4 Å². The van der Waals surface area contributed by atoms with Crippen molar-refractivity contribution in [3.63, 3.8) is 0 Å². The smallest absolute Gasteiger partial charge is 0.185 e. The van der Waals surface area contributed by atoms with E-state index in [9.17, 15) is 9.18 Å². The molecule has 0 saturated carbocycles. The van der Waals surface area contributed by atoms with Crippen LogP contribution in [0, 0.1) is 0 Å². The van der Waals surface area contributed by atoms with Gasteiger partial charge in [-0.25, -0.2) is 0 Å². The summed E-state index contributed by atoms with van der Waals surface area (Å²) in [5.41, 5.74) is -0.144. The number of rotatable bonds is 2. The minimum absolute atomic E-state index is 0.144. The zero-order valence-corrected chi connectivity index (χ0v) is 5.34. The van der Waals surface area contributed by atoms with E-state index in [1.54, 1.807) is 0 Å². The van der Waals surface area contributed by atoms with Crippen LogP contribution in [0.1, 0.15) is 5.76 Å². The molecule has 0 aromatic carbocycles.